The minimum atomic E-state index is 0.237. The first kappa shape index (κ1) is 19.1. The Balaban J connectivity index is 1.49. The molecular weight excluding hydrogens is 380 g/mol. The molecule has 3 aromatic carbocycles. The zero-order valence-corrected chi connectivity index (χ0v) is 16.3. The molecule has 30 heavy (non-hydrogen) atoms. The number of benzene rings is 3. The van der Waals surface area contributed by atoms with E-state index >= 15 is 0 Å². The molecule has 0 radical (unpaired) electrons. The van der Waals surface area contributed by atoms with E-state index in [1.165, 1.54) is 6.33 Å². The topological polar surface area (TPSA) is 91.5 Å². The van der Waals surface area contributed by atoms with Crippen molar-refractivity contribution in [2.24, 2.45) is 0 Å². The molecule has 0 saturated carbocycles. The Morgan fingerprint density at radius 2 is 1.40 bits per heavy atom. The van der Waals surface area contributed by atoms with Crippen LogP contribution in [0.3, 0.4) is 0 Å². The number of nitrogens with two attached hydrogens (primary N) is 1. The van der Waals surface area contributed by atoms with Gasteiger partial charge in [-0.3, -0.25) is 0 Å². The molecular formula is C23H20N4O3. The van der Waals surface area contributed by atoms with Gasteiger partial charge in [0.2, 0.25) is 5.88 Å². The van der Waals surface area contributed by atoms with Crippen molar-refractivity contribution in [3.8, 4) is 28.9 Å². The maximum Gasteiger partial charge on any atom is 0.248 e. The quantitative estimate of drug-likeness (QED) is 0.429. The summed E-state index contributed by atoms with van der Waals surface area (Å²) in [7, 11) is 1.57. The SMILES string of the molecule is COc1ccccc1Oc1ncnc(Nc2ccc(Oc3ccccc3)cc2)c1N. The minimum absolute atomic E-state index is 0.237. The molecule has 0 aliphatic carbocycles. The highest BCUT2D eigenvalue weighted by Gasteiger charge is 2.13. The van der Waals surface area contributed by atoms with Crippen LogP contribution in [0.5, 0.6) is 28.9 Å². The molecule has 150 valence electrons. The van der Waals surface area contributed by atoms with Crippen LogP contribution in [0.2, 0.25) is 0 Å². The lowest BCUT2D eigenvalue weighted by atomic mass is 10.3. The largest absolute Gasteiger partial charge is 0.493 e. The van der Waals surface area contributed by atoms with Crippen LogP contribution in [0, 0.1) is 0 Å². The Kier molecular flexibility index (Phi) is 5.61. The molecule has 1 heterocycles. The molecule has 0 aliphatic heterocycles. The highest BCUT2D eigenvalue weighted by molar-refractivity contribution is 5.72. The third kappa shape index (κ3) is 4.41. The number of methoxy groups -OCH3 is 1. The number of nitrogens with zero attached hydrogens (tertiary/aromatic N) is 2. The Labute approximate surface area is 174 Å². The van der Waals surface area contributed by atoms with Crippen LogP contribution >= 0.6 is 0 Å². The number of nitrogens with one attached hydrogen (secondary N) is 1. The van der Waals surface area contributed by atoms with Crippen molar-refractivity contribution in [2.45, 2.75) is 0 Å². The second kappa shape index (κ2) is 8.83. The molecule has 0 spiro atoms. The average Bonchev–Trinajstić information content (AvgIpc) is 2.79. The fourth-order valence-corrected chi connectivity index (χ4v) is 2.74. The molecule has 0 amide bonds. The van der Waals surface area contributed by atoms with Gasteiger partial charge in [-0.25, -0.2) is 4.98 Å². The van der Waals surface area contributed by atoms with Gasteiger partial charge in [0.25, 0.3) is 0 Å². The minimum Gasteiger partial charge on any atom is -0.493 e. The molecule has 7 heteroatoms. The van der Waals surface area contributed by atoms with Gasteiger partial charge >= 0.3 is 0 Å². The summed E-state index contributed by atoms with van der Waals surface area (Å²) in [5.41, 5.74) is 7.31. The first-order valence-corrected chi connectivity index (χ1v) is 9.24. The molecule has 0 unspecified atom stereocenters. The van der Waals surface area contributed by atoms with E-state index in [9.17, 15) is 0 Å². The zero-order valence-electron chi connectivity index (χ0n) is 16.3. The van der Waals surface area contributed by atoms with E-state index in [2.05, 4.69) is 15.3 Å². The summed E-state index contributed by atoms with van der Waals surface area (Å²) in [6.07, 6.45) is 1.39. The lowest BCUT2D eigenvalue weighted by Gasteiger charge is -2.13. The number of aromatic nitrogens is 2. The summed E-state index contributed by atoms with van der Waals surface area (Å²) in [5.74, 6) is 3.27. The molecule has 0 saturated heterocycles. The monoisotopic (exact) mass is 400 g/mol. The van der Waals surface area contributed by atoms with Crippen LogP contribution < -0.4 is 25.3 Å². The lowest BCUT2D eigenvalue weighted by molar-refractivity contribution is 0.374. The summed E-state index contributed by atoms with van der Waals surface area (Å²) in [6, 6.07) is 24.3. The molecule has 0 fully saturated rings. The number of anilines is 3. The Morgan fingerprint density at radius 1 is 0.733 bits per heavy atom. The molecule has 7 nitrogen and oxygen atoms in total. The van der Waals surface area contributed by atoms with Gasteiger partial charge in [0, 0.05) is 5.69 Å². The number of para-hydroxylation sites is 3. The van der Waals surface area contributed by atoms with Crippen molar-refractivity contribution in [3.63, 3.8) is 0 Å². The summed E-state index contributed by atoms with van der Waals surface area (Å²) in [4.78, 5) is 8.36. The molecule has 0 aliphatic rings. The van der Waals surface area contributed by atoms with Crippen molar-refractivity contribution < 1.29 is 14.2 Å². The summed E-state index contributed by atoms with van der Waals surface area (Å²) >= 11 is 0. The van der Waals surface area contributed by atoms with E-state index < -0.39 is 0 Å². The van der Waals surface area contributed by atoms with Gasteiger partial charge < -0.3 is 25.3 Å². The van der Waals surface area contributed by atoms with Crippen LogP contribution in [0.15, 0.2) is 85.2 Å². The van der Waals surface area contributed by atoms with E-state index in [0.29, 0.717) is 17.3 Å². The van der Waals surface area contributed by atoms with Gasteiger partial charge in [0.15, 0.2) is 17.3 Å². The van der Waals surface area contributed by atoms with Crippen molar-refractivity contribution in [1.82, 2.24) is 9.97 Å². The van der Waals surface area contributed by atoms with Crippen LogP contribution in [0.1, 0.15) is 0 Å². The Bertz CT molecular complexity index is 1120. The molecule has 4 rings (SSSR count). The van der Waals surface area contributed by atoms with Gasteiger partial charge in [0.05, 0.1) is 7.11 Å². The fraction of sp³-hybridized carbons (Fsp3) is 0.0435. The van der Waals surface area contributed by atoms with Crippen molar-refractivity contribution >= 4 is 17.2 Å². The first-order valence-electron chi connectivity index (χ1n) is 9.24. The van der Waals surface area contributed by atoms with E-state index in [-0.39, 0.29) is 11.6 Å². The number of nitrogen functional groups attached to an aromatic ring is 1. The van der Waals surface area contributed by atoms with Crippen LogP contribution in [-0.4, -0.2) is 17.1 Å². The van der Waals surface area contributed by atoms with E-state index in [4.69, 9.17) is 19.9 Å². The van der Waals surface area contributed by atoms with Gasteiger partial charge in [0.1, 0.15) is 23.5 Å². The molecule has 4 aromatic rings. The average molecular weight is 400 g/mol. The normalized spacial score (nSPS) is 10.3. The third-order valence-electron chi connectivity index (χ3n) is 4.22. The van der Waals surface area contributed by atoms with Crippen LogP contribution in [0.4, 0.5) is 17.2 Å². The number of rotatable bonds is 7. The second-order valence-electron chi connectivity index (χ2n) is 6.26. The predicted molar refractivity (Wildman–Crippen MR) is 116 cm³/mol. The number of hydrogen-bond donors (Lipinski definition) is 2. The predicted octanol–water partition coefficient (Wildman–Crippen LogP) is 5.40. The summed E-state index contributed by atoms with van der Waals surface area (Å²) in [6.45, 7) is 0. The highest BCUT2D eigenvalue weighted by atomic mass is 16.5. The van der Waals surface area contributed by atoms with Gasteiger partial charge in [-0.2, -0.15) is 4.98 Å². The van der Waals surface area contributed by atoms with Crippen LogP contribution in [-0.2, 0) is 0 Å². The maximum absolute atomic E-state index is 6.22. The highest BCUT2D eigenvalue weighted by Crippen LogP contribution is 2.35. The van der Waals surface area contributed by atoms with Gasteiger partial charge in [-0.1, -0.05) is 30.3 Å². The number of ether oxygens (including phenoxy) is 3. The number of hydrogen-bond acceptors (Lipinski definition) is 7. The zero-order chi connectivity index (χ0) is 20.8. The standard InChI is InChI=1S/C23H20N4O3/c1-28-19-9-5-6-10-20(19)30-23-21(24)22(25-15-26-23)27-16-11-13-18(14-12-16)29-17-7-3-2-4-8-17/h2-15H,24H2,1H3,(H,25,26,27). The Hall–Kier alpha value is -4.26. The van der Waals surface area contributed by atoms with E-state index in [1.807, 2.05) is 66.7 Å². The van der Waals surface area contributed by atoms with Gasteiger partial charge in [-0.15, -0.1) is 0 Å². The van der Waals surface area contributed by atoms with E-state index in [1.54, 1.807) is 19.2 Å². The molecule has 0 bridgehead atoms. The Morgan fingerprint density at radius 3 is 2.13 bits per heavy atom. The lowest BCUT2D eigenvalue weighted by Crippen LogP contribution is -2.03. The molecule has 1 aromatic heterocycles. The van der Waals surface area contributed by atoms with Crippen molar-refractivity contribution in [1.29, 1.82) is 0 Å². The van der Waals surface area contributed by atoms with Crippen molar-refractivity contribution in [2.75, 3.05) is 18.2 Å². The first-order chi connectivity index (χ1) is 14.7. The van der Waals surface area contributed by atoms with Gasteiger partial charge in [-0.05, 0) is 48.5 Å². The smallest absolute Gasteiger partial charge is 0.248 e. The fourth-order valence-electron chi connectivity index (χ4n) is 2.74. The molecule has 3 N–H and O–H groups in total. The van der Waals surface area contributed by atoms with Crippen molar-refractivity contribution in [3.05, 3.63) is 85.2 Å². The van der Waals surface area contributed by atoms with E-state index in [0.717, 1.165) is 17.2 Å². The third-order valence-corrected chi connectivity index (χ3v) is 4.22. The second-order valence-corrected chi connectivity index (χ2v) is 6.26. The summed E-state index contributed by atoms with van der Waals surface area (Å²) in [5, 5.41) is 3.18. The van der Waals surface area contributed by atoms with Crippen LogP contribution in [0.25, 0.3) is 0 Å². The maximum atomic E-state index is 6.22. The summed E-state index contributed by atoms with van der Waals surface area (Å²) < 4.78 is 16.9. The molecule has 0 atom stereocenters.